The molecule has 20 heteroatoms. The van der Waals surface area contributed by atoms with E-state index in [9.17, 15) is 14.7 Å². The van der Waals surface area contributed by atoms with Crippen LogP contribution in [0.2, 0.25) is 25.1 Å². The van der Waals surface area contributed by atoms with E-state index in [-0.39, 0.29) is 42.3 Å². The van der Waals surface area contributed by atoms with Crippen molar-refractivity contribution in [2.75, 3.05) is 21.3 Å². The molecule has 2 heterocycles. The fraction of sp³-hybridized carbons (Fsp3) is 0.321. The van der Waals surface area contributed by atoms with Gasteiger partial charge in [0.25, 0.3) is 0 Å². The number of carboxylic acids is 1. The third-order valence-electron chi connectivity index (χ3n) is 11.6. The summed E-state index contributed by atoms with van der Waals surface area (Å²) < 4.78 is 30.5. The average molecular weight is 1290 g/mol. The van der Waals surface area contributed by atoms with Crippen LogP contribution in [0.4, 0.5) is 0 Å². The number of halogens is 8. The first-order chi connectivity index (χ1) is 34.2. The Morgan fingerprint density at radius 2 is 1.01 bits per heavy atom. The van der Waals surface area contributed by atoms with Crippen LogP contribution in [0, 0.1) is 0 Å². The number of rotatable bonds is 11. The van der Waals surface area contributed by atoms with Gasteiger partial charge >= 0.3 is 13.1 Å². The minimum absolute atomic E-state index is 0.0325. The summed E-state index contributed by atoms with van der Waals surface area (Å²) in [6.07, 6.45) is 1.35. The monoisotopic (exact) mass is 1290 g/mol. The largest absolute Gasteiger partial charge is 0.494 e. The Balaban J connectivity index is 0.000000248. The third kappa shape index (κ3) is 19.2. The molecule has 1 fully saturated rings. The van der Waals surface area contributed by atoms with Gasteiger partial charge in [0.05, 0.1) is 46.3 Å². The quantitative estimate of drug-likeness (QED) is 0.0944. The summed E-state index contributed by atoms with van der Waals surface area (Å²) in [7, 11) is 4.56. The van der Waals surface area contributed by atoms with Gasteiger partial charge in [-0.2, -0.15) is 0 Å². The molecule has 0 spiro atoms. The Kier molecular flexibility index (Phi) is 26.5. The lowest BCUT2D eigenvalue weighted by Crippen LogP contribution is -2.41. The van der Waals surface area contributed by atoms with Crippen LogP contribution in [-0.4, -0.2) is 72.1 Å². The molecule has 0 bridgehead atoms. The molecule has 5 aromatic carbocycles. The van der Waals surface area contributed by atoms with Crippen molar-refractivity contribution in [2.24, 2.45) is 0 Å². The normalized spacial score (nSPS) is 14.8. The maximum absolute atomic E-state index is 10.9. The van der Waals surface area contributed by atoms with E-state index in [1.165, 1.54) is 12.4 Å². The molecule has 7 rings (SSSR count). The fourth-order valence-electron chi connectivity index (χ4n) is 6.30. The molecule has 0 amide bonds. The number of aromatic carboxylic acids is 1. The topological polar surface area (TPSA) is 147 Å². The summed E-state index contributed by atoms with van der Waals surface area (Å²) in [5.41, 5.74) is 5.55. The standard InChI is InChI=1S/C15H22BClO3.C14H13ClN2O3.C9H10BrClO.C8H8BrClO.C7H4BrClO/c1-10(18-6)12-8-7-11(9-13(12)17)16-19-14(2,3)15(4,5)20-16;1-8(20-2)10-4-3-9(5-11(10)15)12-6-13(14(18)19)17-7-16-12;1-6(12-2)8-4-3-7(10)5-9(8)11;1-5(11)7-3-2-6(9)4-8(7)10;8-6-2-1-5(4-10)7(9)3-6/h7-10H,1-6H3;3-8H,1-2H3,(H,18,19);3-6H,1-2H3;2-5,11H,1H3;1-4H. The molecule has 0 radical (unpaired) electrons. The Hall–Kier alpha value is -2.97. The van der Waals surface area contributed by atoms with E-state index in [1.54, 1.807) is 64.7 Å². The molecule has 1 aliphatic rings. The number of benzene rings is 5. The number of aliphatic hydroxyl groups is 1. The zero-order valence-electron chi connectivity index (χ0n) is 41.9. The van der Waals surface area contributed by atoms with Crippen molar-refractivity contribution < 1.29 is 43.3 Å². The van der Waals surface area contributed by atoms with Gasteiger partial charge in [0, 0.05) is 66.0 Å². The molecular formula is C53H57BBr3Cl5N2O9. The first kappa shape index (κ1) is 64.3. The van der Waals surface area contributed by atoms with Crippen molar-refractivity contribution in [3.63, 3.8) is 0 Å². The van der Waals surface area contributed by atoms with Gasteiger partial charge < -0.3 is 33.7 Å². The van der Waals surface area contributed by atoms with Crippen LogP contribution >= 0.6 is 106 Å². The minimum Gasteiger partial charge on any atom is -0.477 e. The molecular weight excluding hydrogens is 1240 g/mol. The van der Waals surface area contributed by atoms with E-state index >= 15 is 0 Å². The number of aliphatic hydroxyl groups excluding tert-OH is 1. The highest BCUT2D eigenvalue weighted by atomic mass is 79.9. The summed E-state index contributed by atoms with van der Waals surface area (Å²) >= 11 is 39.9. The predicted octanol–water partition coefficient (Wildman–Crippen LogP) is 16.4. The lowest BCUT2D eigenvalue weighted by atomic mass is 9.78. The number of ether oxygens (including phenoxy) is 3. The molecule has 6 aromatic rings. The highest BCUT2D eigenvalue weighted by molar-refractivity contribution is 9.11. The van der Waals surface area contributed by atoms with E-state index < -0.39 is 12.1 Å². The second-order valence-corrected chi connectivity index (χ2v) is 21.9. The molecule has 2 N–H and O–H groups in total. The lowest BCUT2D eigenvalue weighted by molar-refractivity contribution is 0.00578. The molecule has 4 atom stereocenters. The molecule has 392 valence electrons. The zero-order chi connectivity index (χ0) is 55.0. The number of carbonyl (C=O) groups excluding carboxylic acids is 1. The number of carboxylic acid groups (broad SMARTS) is 1. The van der Waals surface area contributed by atoms with Gasteiger partial charge in [-0.1, -0.05) is 142 Å². The molecule has 0 saturated carbocycles. The number of carbonyl (C=O) groups is 2. The highest BCUT2D eigenvalue weighted by Gasteiger charge is 2.51. The minimum atomic E-state index is -1.09. The van der Waals surface area contributed by atoms with Crippen molar-refractivity contribution in [3.8, 4) is 11.3 Å². The highest BCUT2D eigenvalue weighted by Crippen LogP contribution is 2.37. The Labute approximate surface area is 479 Å². The number of hydrogen-bond acceptors (Lipinski definition) is 10. The van der Waals surface area contributed by atoms with Crippen LogP contribution in [-0.2, 0) is 23.5 Å². The van der Waals surface area contributed by atoms with Gasteiger partial charge in [0.15, 0.2) is 12.0 Å². The van der Waals surface area contributed by atoms with E-state index in [4.69, 9.17) is 86.6 Å². The molecule has 1 aliphatic heterocycles. The van der Waals surface area contributed by atoms with Crippen molar-refractivity contribution in [2.45, 2.75) is 91.0 Å². The van der Waals surface area contributed by atoms with Crippen molar-refractivity contribution in [1.29, 1.82) is 0 Å². The average Bonchev–Trinajstić information content (AvgIpc) is 3.56. The number of aldehydes is 1. The first-order valence-electron chi connectivity index (χ1n) is 22.3. The second-order valence-electron chi connectivity index (χ2n) is 17.1. The summed E-state index contributed by atoms with van der Waals surface area (Å²) in [4.78, 5) is 28.9. The van der Waals surface area contributed by atoms with E-state index in [1.807, 2.05) is 103 Å². The summed E-state index contributed by atoms with van der Waals surface area (Å²) in [6, 6.07) is 29.0. The summed E-state index contributed by atoms with van der Waals surface area (Å²) in [6.45, 7) is 15.7. The Morgan fingerprint density at radius 1 is 0.603 bits per heavy atom. The van der Waals surface area contributed by atoms with Crippen LogP contribution in [0.15, 0.2) is 117 Å². The van der Waals surface area contributed by atoms with Crippen LogP contribution < -0.4 is 5.46 Å². The molecule has 0 aliphatic carbocycles. The van der Waals surface area contributed by atoms with Gasteiger partial charge in [0.2, 0.25) is 0 Å². The predicted molar refractivity (Wildman–Crippen MR) is 306 cm³/mol. The third-order valence-corrected chi connectivity index (χ3v) is 14.7. The summed E-state index contributed by atoms with van der Waals surface area (Å²) in [5, 5.41) is 21.1. The maximum atomic E-state index is 10.9. The van der Waals surface area contributed by atoms with E-state index in [0.29, 0.717) is 31.3 Å². The Bertz CT molecular complexity index is 2780. The van der Waals surface area contributed by atoms with Crippen LogP contribution in [0.5, 0.6) is 0 Å². The lowest BCUT2D eigenvalue weighted by Gasteiger charge is -2.32. The van der Waals surface area contributed by atoms with Gasteiger partial charge in [0.1, 0.15) is 6.33 Å². The van der Waals surface area contributed by atoms with Crippen molar-refractivity contribution in [1.82, 2.24) is 9.97 Å². The zero-order valence-corrected chi connectivity index (χ0v) is 50.5. The number of hydrogen-bond donors (Lipinski definition) is 2. The van der Waals surface area contributed by atoms with E-state index in [0.717, 1.165) is 58.0 Å². The van der Waals surface area contributed by atoms with Gasteiger partial charge in [-0.15, -0.1) is 0 Å². The fourth-order valence-corrected chi connectivity index (χ4v) is 9.35. The maximum Gasteiger partial charge on any atom is 0.494 e. The second kappa shape index (κ2) is 30.1. The van der Waals surface area contributed by atoms with Crippen LogP contribution in [0.3, 0.4) is 0 Å². The smallest absolute Gasteiger partial charge is 0.477 e. The van der Waals surface area contributed by atoms with Crippen LogP contribution in [0.1, 0.15) is 123 Å². The van der Waals surface area contributed by atoms with Gasteiger partial charge in [-0.25, -0.2) is 14.8 Å². The Morgan fingerprint density at radius 3 is 1.41 bits per heavy atom. The van der Waals surface area contributed by atoms with Crippen molar-refractivity contribution in [3.05, 3.63) is 175 Å². The van der Waals surface area contributed by atoms with Gasteiger partial charge in [-0.05, 0) is 144 Å². The molecule has 4 unspecified atom stereocenters. The number of aromatic nitrogens is 2. The number of nitrogens with zero attached hydrogens (tertiary/aromatic N) is 2. The molecule has 73 heavy (non-hydrogen) atoms. The SMILES string of the molecule is CC(O)c1ccc(Br)cc1Cl.COC(C)c1ccc(-c2cc(C(=O)O)ncn2)cc1Cl.COC(C)c1ccc(B2OC(C)(C)C(C)(C)O2)cc1Cl.COC(C)c1ccc(Br)cc1Cl.O=Cc1ccc(Br)cc1Cl. The van der Waals surface area contributed by atoms with Crippen LogP contribution in [0.25, 0.3) is 11.3 Å². The summed E-state index contributed by atoms with van der Waals surface area (Å²) in [5.74, 6) is -1.09. The molecule has 11 nitrogen and oxygen atoms in total. The molecule has 1 saturated heterocycles. The first-order valence-corrected chi connectivity index (χ1v) is 26.5. The molecule has 1 aromatic heterocycles. The van der Waals surface area contributed by atoms with E-state index in [2.05, 4.69) is 57.8 Å². The number of methoxy groups -OCH3 is 3. The van der Waals surface area contributed by atoms with Crippen molar-refractivity contribution >= 4 is 131 Å². The van der Waals surface area contributed by atoms with Gasteiger partial charge in [-0.3, -0.25) is 4.79 Å².